The van der Waals surface area contributed by atoms with Gasteiger partial charge >= 0.3 is 0 Å². The van der Waals surface area contributed by atoms with Crippen molar-refractivity contribution < 1.29 is 4.79 Å². The van der Waals surface area contributed by atoms with E-state index < -0.39 is 0 Å². The third kappa shape index (κ3) is 4.04. The van der Waals surface area contributed by atoms with Crippen molar-refractivity contribution in [3.05, 3.63) is 67.7 Å². The number of rotatable bonds is 3. The van der Waals surface area contributed by atoms with E-state index in [1.165, 1.54) is 0 Å². The predicted octanol–water partition coefficient (Wildman–Crippen LogP) is 4.54. The van der Waals surface area contributed by atoms with Gasteiger partial charge in [-0.2, -0.15) is 0 Å². The van der Waals surface area contributed by atoms with Gasteiger partial charge in [-0.3, -0.25) is 4.79 Å². The van der Waals surface area contributed by atoms with Gasteiger partial charge in [-0.15, -0.1) is 0 Å². The molecular formula is C15H13BrINO. The van der Waals surface area contributed by atoms with Crippen LogP contribution in [0.15, 0.2) is 53.0 Å². The standard InChI is InChI=1S/C15H13BrINO/c1-10(11-2-6-13(16)7-3-11)18-15(19)12-4-8-14(17)9-5-12/h2-10H,1H3,(H,18,19)/t10-/m0/s1. The summed E-state index contributed by atoms with van der Waals surface area (Å²) in [4.78, 5) is 12.1. The lowest BCUT2D eigenvalue weighted by Gasteiger charge is -2.14. The summed E-state index contributed by atoms with van der Waals surface area (Å²) in [5.41, 5.74) is 1.77. The van der Waals surface area contributed by atoms with Crippen LogP contribution in [0.3, 0.4) is 0 Å². The minimum Gasteiger partial charge on any atom is -0.346 e. The van der Waals surface area contributed by atoms with Crippen LogP contribution < -0.4 is 5.32 Å². The molecule has 0 aliphatic heterocycles. The predicted molar refractivity (Wildman–Crippen MR) is 89.2 cm³/mol. The highest BCUT2D eigenvalue weighted by molar-refractivity contribution is 14.1. The van der Waals surface area contributed by atoms with Gasteiger partial charge in [-0.1, -0.05) is 28.1 Å². The molecule has 4 heteroatoms. The summed E-state index contributed by atoms with van der Waals surface area (Å²) in [7, 11) is 0. The Hall–Kier alpha value is -0.880. The van der Waals surface area contributed by atoms with Crippen molar-refractivity contribution in [2.75, 3.05) is 0 Å². The van der Waals surface area contributed by atoms with Gasteiger partial charge in [0.1, 0.15) is 0 Å². The number of nitrogens with one attached hydrogen (secondary N) is 1. The number of hydrogen-bond donors (Lipinski definition) is 1. The Balaban J connectivity index is 2.06. The first kappa shape index (κ1) is 14.5. The smallest absolute Gasteiger partial charge is 0.251 e. The van der Waals surface area contributed by atoms with Gasteiger partial charge in [0, 0.05) is 13.6 Å². The molecule has 98 valence electrons. The number of hydrogen-bond acceptors (Lipinski definition) is 1. The number of benzene rings is 2. The molecule has 2 aromatic carbocycles. The van der Waals surface area contributed by atoms with E-state index in [0.29, 0.717) is 5.56 Å². The Morgan fingerprint density at radius 3 is 2.26 bits per heavy atom. The summed E-state index contributed by atoms with van der Waals surface area (Å²) < 4.78 is 2.16. The second-order valence-electron chi connectivity index (χ2n) is 4.25. The topological polar surface area (TPSA) is 29.1 Å². The number of amides is 1. The third-order valence-electron chi connectivity index (χ3n) is 2.82. The molecule has 0 aliphatic carbocycles. The van der Waals surface area contributed by atoms with Crippen LogP contribution in [0.2, 0.25) is 0 Å². The largest absolute Gasteiger partial charge is 0.346 e. The monoisotopic (exact) mass is 429 g/mol. The molecule has 0 spiro atoms. The molecule has 0 fully saturated rings. The molecule has 0 bridgehead atoms. The highest BCUT2D eigenvalue weighted by atomic mass is 127. The Kier molecular flexibility index (Phi) is 4.99. The minimum absolute atomic E-state index is 0.0140. The van der Waals surface area contributed by atoms with Crippen LogP contribution in [-0.2, 0) is 0 Å². The fraction of sp³-hybridized carbons (Fsp3) is 0.133. The SMILES string of the molecule is C[C@H](NC(=O)c1ccc(I)cc1)c1ccc(Br)cc1. The van der Waals surface area contributed by atoms with E-state index in [9.17, 15) is 4.79 Å². The van der Waals surface area contributed by atoms with E-state index in [4.69, 9.17) is 0 Å². The van der Waals surface area contributed by atoms with Crippen LogP contribution in [0, 0.1) is 3.57 Å². The van der Waals surface area contributed by atoms with Crippen LogP contribution in [0.1, 0.15) is 28.9 Å². The number of halogens is 2. The van der Waals surface area contributed by atoms with Crippen LogP contribution >= 0.6 is 38.5 Å². The third-order valence-corrected chi connectivity index (χ3v) is 4.07. The molecule has 0 heterocycles. The summed E-state index contributed by atoms with van der Waals surface area (Å²) in [5, 5.41) is 2.99. The van der Waals surface area contributed by atoms with Crippen LogP contribution in [0.5, 0.6) is 0 Å². The van der Waals surface area contributed by atoms with Gasteiger partial charge in [0.05, 0.1) is 6.04 Å². The summed E-state index contributed by atoms with van der Waals surface area (Å²) in [6, 6.07) is 15.5. The molecule has 2 rings (SSSR count). The van der Waals surface area contributed by atoms with Crippen molar-refractivity contribution in [2.45, 2.75) is 13.0 Å². The maximum atomic E-state index is 12.1. The second-order valence-corrected chi connectivity index (χ2v) is 6.41. The van der Waals surface area contributed by atoms with E-state index in [2.05, 4.69) is 43.8 Å². The van der Waals surface area contributed by atoms with Crippen molar-refractivity contribution in [1.29, 1.82) is 0 Å². The minimum atomic E-state index is -0.0492. The van der Waals surface area contributed by atoms with Crippen LogP contribution in [0.25, 0.3) is 0 Å². The summed E-state index contributed by atoms with van der Waals surface area (Å²) in [5.74, 6) is -0.0492. The van der Waals surface area contributed by atoms with Crippen LogP contribution in [-0.4, -0.2) is 5.91 Å². The molecule has 0 saturated heterocycles. The highest BCUT2D eigenvalue weighted by Crippen LogP contribution is 2.17. The zero-order valence-corrected chi connectivity index (χ0v) is 14.1. The van der Waals surface area contributed by atoms with Crippen LogP contribution in [0.4, 0.5) is 0 Å². The average Bonchev–Trinajstić information content (AvgIpc) is 2.40. The molecule has 0 aromatic heterocycles. The molecule has 0 aliphatic rings. The zero-order valence-electron chi connectivity index (χ0n) is 10.4. The first-order valence-corrected chi connectivity index (χ1v) is 7.75. The average molecular weight is 430 g/mol. The van der Waals surface area contributed by atoms with Crippen molar-refractivity contribution in [3.8, 4) is 0 Å². The van der Waals surface area contributed by atoms with Crippen molar-refractivity contribution in [3.63, 3.8) is 0 Å². The maximum absolute atomic E-state index is 12.1. The molecule has 0 saturated carbocycles. The zero-order chi connectivity index (χ0) is 13.8. The van der Waals surface area contributed by atoms with Crippen molar-refractivity contribution in [1.82, 2.24) is 5.32 Å². The Bertz CT molecular complexity index is 566. The summed E-state index contributed by atoms with van der Waals surface area (Å²) in [6.07, 6.45) is 0. The fourth-order valence-corrected chi connectivity index (χ4v) is 2.34. The van der Waals surface area contributed by atoms with Crippen molar-refractivity contribution >= 4 is 44.4 Å². The molecule has 2 aromatic rings. The molecule has 0 unspecified atom stereocenters. The Morgan fingerprint density at radius 1 is 1.11 bits per heavy atom. The van der Waals surface area contributed by atoms with E-state index in [-0.39, 0.29) is 11.9 Å². The lowest BCUT2D eigenvalue weighted by Crippen LogP contribution is -2.26. The quantitative estimate of drug-likeness (QED) is 0.712. The van der Waals surface area contributed by atoms with E-state index >= 15 is 0 Å². The molecule has 1 amide bonds. The molecule has 19 heavy (non-hydrogen) atoms. The van der Waals surface area contributed by atoms with Gasteiger partial charge in [-0.25, -0.2) is 0 Å². The number of carbonyl (C=O) groups is 1. The van der Waals surface area contributed by atoms with Gasteiger partial charge in [0.15, 0.2) is 0 Å². The van der Waals surface area contributed by atoms with Gasteiger partial charge in [-0.05, 0) is 71.5 Å². The Morgan fingerprint density at radius 2 is 1.68 bits per heavy atom. The van der Waals surface area contributed by atoms with E-state index in [1.54, 1.807) is 0 Å². The van der Waals surface area contributed by atoms with E-state index in [0.717, 1.165) is 13.6 Å². The fourth-order valence-electron chi connectivity index (χ4n) is 1.72. The van der Waals surface area contributed by atoms with E-state index in [1.807, 2.05) is 55.5 Å². The van der Waals surface area contributed by atoms with Gasteiger partial charge < -0.3 is 5.32 Å². The molecule has 1 N–H and O–H groups in total. The lowest BCUT2D eigenvalue weighted by molar-refractivity contribution is 0.0940. The molecule has 1 atom stereocenters. The number of carbonyl (C=O) groups excluding carboxylic acids is 1. The second kappa shape index (κ2) is 6.52. The molecular weight excluding hydrogens is 417 g/mol. The first-order chi connectivity index (χ1) is 9.06. The van der Waals surface area contributed by atoms with Gasteiger partial charge in [0.25, 0.3) is 5.91 Å². The molecule has 2 nitrogen and oxygen atoms in total. The summed E-state index contributed by atoms with van der Waals surface area (Å²) >= 11 is 5.62. The normalized spacial score (nSPS) is 11.9. The highest BCUT2D eigenvalue weighted by Gasteiger charge is 2.11. The Labute approximate surface area is 134 Å². The van der Waals surface area contributed by atoms with Crippen molar-refractivity contribution in [2.24, 2.45) is 0 Å². The molecule has 0 radical (unpaired) electrons. The van der Waals surface area contributed by atoms with Gasteiger partial charge in [0.2, 0.25) is 0 Å². The maximum Gasteiger partial charge on any atom is 0.251 e. The lowest BCUT2D eigenvalue weighted by atomic mass is 10.1. The summed E-state index contributed by atoms with van der Waals surface area (Å²) in [6.45, 7) is 1.98. The first-order valence-electron chi connectivity index (χ1n) is 5.88.